The lowest BCUT2D eigenvalue weighted by atomic mass is 10.1. The number of carbonyl (C=O) groups is 1. The Morgan fingerprint density at radius 2 is 2.24 bits per heavy atom. The number of hydrogen-bond donors (Lipinski definition) is 2. The van der Waals surface area contributed by atoms with E-state index in [0.717, 1.165) is 25.1 Å². The molecule has 3 heteroatoms. The Labute approximate surface area is 105 Å². The highest BCUT2D eigenvalue weighted by Gasteiger charge is 2.21. The predicted octanol–water partition coefficient (Wildman–Crippen LogP) is 2.53. The first-order chi connectivity index (χ1) is 8.27. The van der Waals surface area contributed by atoms with Crippen LogP contribution in [0.15, 0.2) is 36.6 Å². The molecule has 0 aromatic rings. The summed E-state index contributed by atoms with van der Waals surface area (Å²) in [6, 6.07) is -0.0978. The van der Waals surface area contributed by atoms with Crippen molar-refractivity contribution < 1.29 is 4.79 Å². The van der Waals surface area contributed by atoms with Crippen LogP contribution in [0.4, 0.5) is 0 Å². The molecule has 17 heavy (non-hydrogen) atoms. The summed E-state index contributed by atoms with van der Waals surface area (Å²) in [6.07, 6.45) is 9.35. The second kappa shape index (κ2) is 9.70. The number of allylic oxidation sites excluding steroid dienone is 4. The van der Waals surface area contributed by atoms with Crippen LogP contribution in [-0.4, -0.2) is 18.5 Å². The monoisotopic (exact) mass is 236 g/mol. The van der Waals surface area contributed by atoms with Gasteiger partial charge in [-0.3, -0.25) is 4.79 Å². The average molecular weight is 236 g/mol. The number of hydrogen-bond acceptors (Lipinski definition) is 2. The van der Waals surface area contributed by atoms with Crippen molar-refractivity contribution in [2.75, 3.05) is 6.54 Å². The van der Waals surface area contributed by atoms with E-state index >= 15 is 0 Å². The van der Waals surface area contributed by atoms with Gasteiger partial charge < -0.3 is 10.6 Å². The van der Waals surface area contributed by atoms with E-state index in [1.807, 2.05) is 39.0 Å². The fourth-order valence-electron chi connectivity index (χ4n) is 1.51. The number of nitrogens with one attached hydrogen (secondary N) is 2. The van der Waals surface area contributed by atoms with Gasteiger partial charge in [0.1, 0.15) is 6.04 Å². The van der Waals surface area contributed by atoms with Gasteiger partial charge in [-0.05, 0) is 25.8 Å². The summed E-state index contributed by atoms with van der Waals surface area (Å²) in [4.78, 5) is 11.5. The minimum Gasteiger partial charge on any atom is -0.374 e. The van der Waals surface area contributed by atoms with Gasteiger partial charge in [-0.1, -0.05) is 38.7 Å². The topological polar surface area (TPSA) is 41.1 Å². The zero-order chi connectivity index (χ0) is 13.1. The lowest BCUT2D eigenvalue weighted by molar-refractivity contribution is -0.124. The molecule has 0 aromatic heterocycles. The molecule has 1 aliphatic heterocycles. The van der Waals surface area contributed by atoms with Crippen molar-refractivity contribution >= 4 is 5.91 Å². The van der Waals surface area contributed by atoms with Gasteiger partial charge >= 0.3 is 0 Å². The van der Waals surface area contributed by atoms with Crippen molar-refractivity contribution in [3.8, 4) is 0 Å². The predicted molar refractivity (Wildman–Crippen MR) is 73.6 cm³/mol. The van der Waals surface area contributed by atoms with Gasteiger partial charge in [0.25, 0.3) is 0 Å². The van der Waals surface area contributed by atoms with E-state index in [1.54, 1.807) is 6.08 Å². The fraction of sp³-hybridized carbons (Fsp3) is 0.500. The molecule has 1 fully saturated rings. The first kappa shape index (κ1) is 15.5. The van der Waals surface area contributed by atoms with Crippen LogP contribution in [0.1, 0.15) is 33.6 Å². The van der Waals surface area contributed by atoms with E-state index in [0.29, 0.717) is 0 Å². The SMILES string of the molecule is C=C/C=C\C(=C/C)NC1CCCNC1=O.CC. The summed E-state index contributed by atoms with van der Waals surface area (Å²) in [5, 5.41) is 6.05. The summed E-state index contributed by atoms with van der Waals surface area (Å²) >= 11 is 0. The molecule has 3 nitrogen and oxygen atoms in total. The first-order valence-electron chi connectivity index (χ1n) is 6.27. The second-order valence-corrected chi connectivity index (χ2v) is 3.47. The van der Waals surface area contributed by atoms with Crippen LogP contribution in [0, 0.1) is 0 Å². The van der Waals surface area contributed by atoms with Crippen molar-refractivity contribution in [1.29, 1.82) is 0 Å². The highest BCUT2D eigenvalue weighted by atomic mass is 16.2. The highest BCUT2D eigenvalue weighted by Crippen LogP contribution is 2.06. The standard InChI is InChI=1S/C12H18N2O.C2H6/c1-3-5-7-10(4-2)14-11-8-6-9-13-12(11)15;1-2/h3-5,7,11,14H,1,6,8-9H2,2H3,(H,13,15);1-2H3/b7-5-,10-4+;. The minimum absolute atomic E-state index is 0.0904. The maximum atomic E-state index is 11.5. The molecule has 96 valence electrons. The zero-order valence-corrected chi connectivity index (χ0v) is 11.1. The van der Waals surface area contributed by atoms with Gasteiger partial charge in [0, 0.05) is 12.2 Å². The van der Waals surface area contributed by atoms with Crippen LogP contribution < -0.4 is 10.6 Å². The Hall–Kier alpha value is -1.51. The van der Waals surface area contributed by atoms with Gasteiger partial charge in [-0.25, -0.2) is 0 Å². The van der Waals surface area contributed by atoms with E-state index in [4.69, 9.17) is 0 Å². The van der Waals surface area contributed by atoms with Crippen LogP contribution in [0.25, 0.3) is 0 Å². The molecule has 0 bridgehead atoms. The van der Waals surface area contributed by atoms with Crippen LogP contribution in [0.5, 0.6) is 0 Å². The molecule has 1 unspecified atom stereocenters. The summed E-state index contributed by atoms with van der Waals surface area (Å²) < 4.78 is 0. The molecule has 2 N–H and O–H groups in total. The number of rotatable bonds is 4. The highest BCUT2D eigenvalue weighted by molar-refractivity contribution is 5.82. The summed E-state index contributed by atoms with van der Waals surface area (Å²) in [5.74, 6) is 0.0904. The normalized spacial score (nSPS) is 20.3. The Morgan fingerprint density at radius 3 is 2.76 bits per heavy atom. The lowest BCUT2D eigenvalue weighted by Gasteiger charge is -2.24. The zero-order valence-electron chi connectivity index (χ0n) is 11.1. The van der Waals surface area contributed by atoms with Crippen LogP contribution in [0.3, 0.4) is 0 Å². The van der Waals surface area contributed by atoms with Gasteiger partial charge in [0.15, 0.2) is 0 Å². The summed E-state index contributed by atoms with van der Waals surface area (Å²) in [7, 11) is 0. The lowest BCUT2D eigenvalue weighted by Crippen LogP contribution is -2.47. The summed E-state index contributed by atoms with van der Waals surface area (Å²) in [5.41, 5.74) is 0.956. The molecular weight excluding hydrogens is 212 g/mol. The van der Waals surface area contributed by atoms with Gasteiger partial charge in [-0.2, -0.15) is 0 Å². The van der Waals surface area contributed by atoms with Crippen LogP contribution in [-0.2, 0) is 4.79 Å². The second-order valence-electron chi connectivity index (χ2n) is 3.47. The maximum absolute atomic E-state index is 11.5. The van der Waals surface area contributed by atoms with E-state index in [-0.39, 0.29) is 11.9 Å². The van der Waals surface area contributed by atoms with Crippen molar-refractivity contribution in [3.63, 3.8) is 0 Å². The minimum atomic E-state index is -0.0978. The van der Waals surface area contributed by atoms with Gasteiger partial charge in [0.05, 0.1) is 0 Å². The molecule has 0 radical (unpaired) electrons. The maximum Gasteiger partial charge on any atom is 0.242 e. The Balaban J connectivity index is 0.00000121. The fourth-order valence-corrected chi connectivity index (χ4v) is 1.51. The van der Waals surface area contributed by atoms with Crippen molar-refractivity contribution in [1.82, 2.24) is 10.6 Å². The van der Waals surface area contributed by atoms with Crippen molar-refractivity contribution in [2.24, 2.45) is 0 Å². The smallest absolute Gasteiger partial charge is 0.242 e. The average Bonchev–Trinajstić information content (AvgIpc) is 2.39. The number of amides is 1. The van der Waals surface area contributed by atoms with Crippen LogP contribution in [0.2, 0.25) is 0 Å². The first-order valence-corrected chi connectivity index (χ1v) is 6.27. The molecule has 1 aliphatic rings. The molecule has 1 rings (SSSR count). The van der Waals surface area contributed by atoms with Crippen molar-refractivity contribution in [3.05, 3.63) is 36.6 Å². The quantitative estimate of drug-likeness (QED) is 0.736. The van der Waals surface area contributed by atoms with Gasteiger partial charge in [-0.15, -0.1) is 0 Å². The molecule has 1 heterocycles. The molecule has 0 aliphatic carbocycles. The molecule has 0 aromatic carbocycles. The molecule has 1 atom stereocenters. The number of piperidine rings is 1. The Bertz CT molecular complexity index is 293. The Morgan fingerprint density at radius 1 is 1.53 bits per heavy atom. The van der Waals surface area contributed by atoms with E-state index in [9.17, 15) is 4.79 Å². The Kier molecular flexibility index (Phi) is 8.84. The molecular formula is C14H24N2O. The molecule has 1 amide bonds. The molecule has 1 saturated heterocycles. The van der Waals surface area contributed by atoms with E-state index in [1.165, 1.54) is 0 Å². The number of carbonyl (C=O) groups excluding carboxylic acids is 1. The largest absolute Gasteiger partial charge is 0.374 e. The third-order valence-corrected chi connectivity index (χ3v) is 2.35. The van der Waals surface area contributed by atoms with Crippen molar-refractivity contribution in [2.45, 2.75) is 39.7 Å². The summed E-state index contributed by atoms with van der Waals surface area (Å²) in [6.45, 7) is 10.3. The van der Waals surface area contributed by atoms with Gasteiger partial charge in [0.2, 0.25) is 5.91 Å². The van der Waals surface area contributed by atoms with E-state index in [2.05, 4.69) is 17.2 Å². The molecule has 0 saturated carbocycles. The third-order valence-electron chi connectivity index (χ3n) is 2.35. The third kappa shape index (κ3) is 5.95. The molecule has 0 spiro atoms. The van der Waals surface area contributed by atoms with E-state index < -0.39 is 0 Å². The van der Waals surface area contributed by atoms with Crippen LogP contribution >= 0.6 is 0 Å².